The zero-order chi connectivity index (χ0) is 21.1. The van der Waals surface area contributed by atoms with Gasteiger partial charge >= 0.3 is 0 Å². The van der Waals surface area contributed by atoms with Crippen LogP contribution < -0.4 is 15.1 Å². The number of aromatic nitrogens is 1. The minimum Gasteiger partial charge on any atom is -0.484 e. The first-order chi connectivity index (χ1) is 14.6. The van der Waals surface area contributed by atoms with Crippen molar-refractivity contribution in [2.24, 2.45) is 5.92 Å². The van der Waals surface area contributed by atoms with Crippen LogP contribution in [0.25, 0.3) is 15.8 Å². The summed E-state index contributed by atoms with van der Waals surface area (Å²) >= 11 is 1.76. The molecule has 2 N–H and O–H groups in total. The summed E-state index contributed by atoms with van der Waals surface area (Å²) in [6.07, 6.45) is 4.92. The van der Waals surface area contributed by atoms with Crippen molar-refractivity contribution in [1.29, 1.82) is 0 Å². The average molecular weight is 425 g/mol. The monoisotopic (exact) mass is 424 g/mol. The summed E-state index contributed by atoms with van der Waals surface area (Å²) in [5, 5.41) is 13.8. The Bertz CT molecular complexity index is 1060. The van der Waals surface area contributed by atoms with E-state index in [1.807, 2.05) is 19.2 Å². The van der Waals surface area contributed by atoms with Crippen LogP contribution in [0.1, 0.15) is 12.1 Å². The van der Waals surface area contributed by atoms with Gasteiger partial charge in [-0.25, -0.2) is 4.98 Å². The second-order valence-corrected chi connectivity index (χ2v) is 8.85. The first-order valence-corrected chi connectivity index (χ1v) is 11.1. The van der Waals surface area contributed by atoms with Gasteiger partial charge in [0, 0.05) is 46.3 Å². The van der Waals surface area contributed by atoms with Crippen molar-refractivity contribution in [2.75, 3.05) is 63.8 Å². The summed E-state index contributed by atoms with van der Waals surface area (Å²) in [5.74, 6) is 1.02. The molecule has 30 heavy (non-hydrogen) atoms. The molecule has 1 saturated heterocycles. The first kappa shape index (κ1) is 20.7. The Morgan fingerprint density at radius 2 is 2.20 bits per heavy atom. The van der Waals surface area contributed by atoms with Crippen molar-refractivity contribution in [3.63, 3.8) is 0 Å². The molecule has 7 heteroatoms. The molecule has 0 saturated carbocycles. The third-order valence-corrected chi connectivity index (χ3v) is 6.69. The van der Waals surface area contributed by atoms with Crippen LogP contribution in [-0.2, 0) is 4.74 Å². The predicted molar refractivity (Wildman–Crippen MR) is 124 cm³/mol. The number of nitrogens with zero attached hydrogens (tertiary/aromatic N) is 3. The van der Waals surface area contributed by atoms with Crippen LogP contribution in [0.2, 0.25) is 0 Å². The van der Waals surface area contributed by atoms with Crippen molar-refractivity contribution in [2.45, 2.75) is 6.42 Å². The molecule has 3 heterocycles. The molecular weight excluding hydrogens is 396 g/mol. The van der Waals surface area contributed by atoms with Gasteiger partial charge < -0.3 is 25.0 Å². The molecule has 0 radical (unpaired) electrons. The highest BCUT2D eigenvalue weighted by atomic mass is 32.1. The van der Waals surface area contributed by atoms with Crippen molar-refractivity contribution in [3.05, 3.63) is 47.2 Å². The number of hydrogen-bond donors (Lipinski definition) is 2. The molecule has 2 aromatic rings. The molecule has 1 aliphatic carbocycles. The summed E-state index contributed by atoms with van der Waals surface area (Å²) in [7, 11) is 6.01. The minimum absolute atomic E-state index is 0.239. The van der Waals surface area contributed by atoms with Gasteiger partial charge in [0.2, 0.25) is 0 Å². The summed E-state index contributed by atoms with van der Waals surface area (Å²) in [6.45, 7) is 3.44. The maximum absolute atomic E-state index is 9.59. The van der Waals surface area contributed by atoms with E-state index in [2.05, 4.69) is 52.8 Å². The summed E-state index contributed by atoms with van der Waals surface area (Å²) in [5.41, 5.74) is 10.3. The van der Waals surface area contributed by atoms with Crippen molar-refractivity contribution >= 4 is 37.8 Å². The van der Waals surface area contributed by atoms with E-state index >= 15 is 0 Å². The van der Waals surface area contributed by atoms with E-state index in [9.17, 15) is 5.11 Å². The summed E-state index contributed by atoms with van der Waals surface area (Å²) < 4.78 is 6.85. The van der Waals surface area contributed by atoms with Gasteiger partial charge in [0.05, 0.1) is 32.2 Å². The van der Waals surface area contributed by atoms with Crippen LogP contribution in [0.4, 0.5) is 10.7 Å². The summed E-state index contributed by atoms with van der Waals surface area (Å²) in [4.78, 5) is 9.43. The van der Waals surface area contributed by atoms with Gasteiger partial charge in [-0.2, -0.15) is 0 Å². The molecule has 1 atom stereocenters. The predicted octanol–water partition coefficient (Wildman–Crippen LogP) is 3.01. The molecule has 2 aromatic heterocycles. The Kier molecular flexibility index (Phi) is 6.28. The van der Waals surface area contributed by atoms with Crippen LogP contribution in [0, 0.1) is 5.92 Å². The number of pyridine rings is 1. The maximum atomic E-state index is 9.59. The second kappa shape index (κ2) is 9.09. The molecular formula is C23H28N4O2S. The van der Waals surface area contributed by atoms with Gasteiger partial charge in [0.25, 0.3) is 0 Å². The molecule has 1 aliphatic heterocycles. The molecule has 0 bridgehead atoms. The number of rotatable bonds is 8. The molecule has 1 unspecified atom stereocenters. The topological polar surface area (TPSA) is 60.9 Å². The number of aliphatic hydroxyl groups is 1. The smallest absolute Gasteiger partial charge is 0.170 e. The number of hydrogen-bond acceptors (Lipinski definition) is 7. The fraction of sp³-hybridized carbons (Fsp3) is 0.435. The zero-order valence-electron chi connectivity index (χ0n) is 17.7. The lowest BCUT2D eigenvalue weighted by Crippen LogP contribution is -2.21. The van der Waals surface area contributed by atoms with Crippen LogP contribution in [0.15, 0.2) is 41.5 Å². The van der Waals surface area contributed by atoms with Gasteiger partial charge in [0.1, 0.15) is 6.61 Å². The lowest BCUT2D eigenvalue weighted by Gasteiger charge is -2.20. The third-order valence-electron chi connectivity index (χ3n) is 5.38. The molecule has 158 valence electrons. The van der Waals surface area contributed by atoms with Crippen LogP contribution in [-0.4, -0.2) is 64.1 Å². The molecule has 0 aromatic carbocycles. The minimum atomic E-state index is 0.239. The van der Waals surface area contributed by atoms with E-state index < -0.39 is 0 Å². The van der Waals surface area contributed by atoms with E-state index in [1.165, 1.54) is 15.4 Å². The number of fused-ring (bicyclic) bond motifs is 1. The zero-order valence-corrected chi connectivity index (χ0v) is 18.6. The van der Waals surface area contributed by atoms with Crippen molar-refractivity contribution < 1.29 is 9.84 Å². The molecule has 2 aliphatic rings. The lowest BCUT2D eigenvalue weighted by molar-refractivity contribution is 0.228. The van der Waals surface area contributed by atoms with Crippen LogP contribution >= 0.6 is 11.3 Å². The average Bonchev–Trinajstić information content (AvgIpc) is 3.41. The van der Waals surface area contributed by atoms with Gasteiger partial charge in [-0.1, -0.05) is 5.73 Å². The van der Waals surface area contributed by atoms with Crippen LogP contribution in [0.5, 0.6) is 0 Å². The Morgan fingerprint density at radius 1 is 1.33 bits per heavy atom. The molecule has 0 amide bonds. The van der Waals surface area contributed by atoms with Crippen LogP contribution in [0.3, 0.4) is 0 Å². The Hall–Kier alpha value is -2.53. The van der Waals surface area contributed by atoms with E-state index in [4.69, 9.17) is 9.72 Å². The largest absolute Gasteiger partial charge is 0.484 e. The highest BCUT2D eigenvalue weighted by Gasteiger charge is 2.25. The number of aliphatic hydroxyl groups excluding tert-OH is 1. The number of ether oxygens (including phenoxy) is 1. The fourth-order valence-corrected chi connectivity index (χ4v) is 4.72. The number of likely N-dealkylation sites (N-methyl/N-ethyl adjacent to an activating group) is 1. The van der Waals surface area contributed by atoms with E-state index in [0.29, 0.717) is 18.3 Å². The van der Waals surface area contributed by atoms with Gasteiger partial charge in [0.15, 0.2) is 5.76 Å². The summed E-state index contributed by atoms with van der Waals surface area (Å²) in [6, 6.07) is 4.30. The number of thiophene rings is 1. The van der Waals surface area contributed by atoms with E-state index in [0.717, 1.165) is 42.8 Å². The second-order valence-electron chi connectivity index (χ2n) is 7.82. The van der Waals surface area contributed by atoms with Gasteiger partial charge in [-0.3, -0.25) is 0 Å². The SMILES string of the molecule is CNCCOC1=C=C=C(c2cc(N3CCC(CO)C3)c3sc(N(C)C)cc3n2)C=C1. The van der Waals surface area contributed by atoms with Gasteiger partial charge in [-0.05, 0) is 43.5 Å². The van der Waals surface area contributed by atoms with Crippen molar-refractivity contribution in [1.82, 2.24) is 10.3 Å². The molecule has 4 rings (SSSR count). The lowest BCUT2D eigenvalue weighted by atomic mass is 10.1. The first-order valence-electron chi connectivity index (χ1n) is 10.3. The number of anilines is 2. The fourth-order valence-electron chi connectivity index (χ4n) is 3.65. The standard InChI is InChI=1S/C23H28N4O2S/c1-24-9-11-29-18-6-4-17(5-7-18)19-12-21(27-10-8-16(14-27)15-28)23-20(25-19)13-22(30-23)26(2)3/h4,6,12-13,16,24,28H,8-11,14-15H2,1-3H3. The Balaban J connectivity index is 1.74. The Morgan fingerprint density at radius 3 is 2.87 bits per heavy atom. The molecule has 1 fully saturated rings. The van der Waals surface area contributed by atoms with Gasteiger partial charge in [-0.15, -0.1) is 11.3 Å². The normalized spacial score (nSPS) is 18.1. The Labute approximate surface area is 181 Å². The van der Waals surface area contributed by atoms with E-state index in [1.54, 1.807) is 11.3 Å². The molecule has 0 spiro atoms. The number of allylic oxidation sites excluding steroid dienone is 3. The number of nitrogens with one attached hydrogen (secondary N) is 1. The maximum Gasteiger partial charge on any atom is 0.170 e. The third kappa shape index (κ3) is 4.31. The highest BCUT2D eigenvalue weighted by Crippen LogP contribution is 2.40. The highest BCUT2D eigenvalue weighted by molar-refractivity contribution is 7.23. The van der Waals surface area contributed by atoms with Crippen molar-refractivity contribution in [3.8, 4) is 0 Å². The molecule has 6 nitrogen and oxygen atoms in total. The quantitative estimate of drug-likeness (QED) is 0.502. The van der Waals surface area contributed by atoms with E-state index in [-0.39, 0.29) is 6.61 Å².